The Morgan fingerprint density at radius 1 is 1.05 bits per heavy atom. The molecule has 0 heterocycles. The number of hydrogen-bond acceptors (Lipinski definition) is 1. The fraction of sp³-hybridized carbons (Fsp3) is 0.0625. The number of benzene rings is 2. The van der Waals surface area contributed by atoms with Gasteiger partial charge in [-0.3, -0.25) is 4.79 Å². The molecule has 0 radical (unpaired) electrons. The Bertz CT molecular complexity index is 561. The van der Waals surface area contributed by atoms with Crippen LogP contribution in [0.15, 0.2) is 65.1 Å². The molecule has 0 bridgehead atoms. The van der Waals surface area contributed by atoms with Gasteiger partial charge in [-0.2, -0.15) is 0 Å². The van der Waals surface area contributed by atoms with Crippen LogP contribution in [-0.2, 0) is 11.3 Å². The highest BCUT2D eigenvalue weighted by atomic mass is 79.9. The molecule has 2 aromatic carbocycles. The van der Waals surface area contributed by atoms with Gasteiger partial charge in [-0.15, -0.1) is 0 Å². The first kappa shape index (κ1) is 13.6. The molecule has 0 aliphatic rings. The van der Waals surface area contributed by atoms with Crippen molar-refractivity contribution in [2.24, 2.45) is 0 Å². The van der Waals surface area contributed by atoms with Crippen LogP contribution in [0.4, 0.5) is 0 Å². The number of carbonyl (C=O) groups is 1. The molecule has 0 saturated carbocycles. The Balaban J connectivity index is 1.85. The second-order valence-electron chi connectivity index (χ2n) is 4.09. The molecule has 0 aliphatic carbocycles. The standard InChI is InChI=1S/C16H14BrNO/c17-15-9-6-14(7-10-15)12-18-16(19)11-8-13-4-2-1-3-5-13/h1-11H,12H2,(H,18,19). The predicted molar refractivity (Wildman–Crippen MR) is 81.5 cm³/mol. The van der Waals surface area contributed by atoms with Crippen molar-refractivity contribution in [3.63, 3.8) is 0 Å². The highest BCUT2D eigenvalue weighted by Crippen LogP contribution is 2.10. The number of nitrogens with one attached hydrogen (secondary N) is 1. The summed E-state index contributed by atoms with van der Waals surface area (Å²) >= 11 is 3.38. The molecular weight excluding hydrogens is 302 g/mol. The lowest BCUT2D eigenvalue weighted by Crippen LogP contribution is -2.20. The number of rotatable bonds is 4. The molecule has 96 valence electrons. The van der Waals surface area contributed by atoms with Crippen LogP contribution in [0.2, 0.25) is 0 Å². The van der Waals surface area contributed by atoms with Crippen LogP contribution in [0.1, 0.15) is 11.1 Å². The molecule has 0 aromatic heterocycles. The van der Waals surface area contributed by atoms with Gasteiger partial charge in [0.15, 0.2) is 0 Å². The van der Waals surface area contributed by atoms with Gasteiger partial charge in [0, 0.05) is 17.1 Å². The Kier molecular flexibility index (Phi) is 4.93. The third kappa shape index (κ3) is 4.72. The van der Waals surface area contributed by atoms with Crippen molar-refractivity contribution in [1.82, 2.24) is 5.32 Å². The quantitative estimate of drug-likeness (QED) is 0.855. The topological polar surface area (TPSA) is 29.1 Å². The van der Waals surface area contributed by atoms with E-state index in [4.69, 9.17) is 0 Å². The van der Waals surface area contributed by atoms with E-state index in [1.165, 1.54) is 0 Å². The molecule has 0 atom stereocenters. The maximum Gasteiger partial charge on any atom is 0.244 e. The van der Waals surface area contributed by atoms with Gasteiger partial charge in [-0.1, -0.05) is 58.4 Å². The molecule has 19 heavy (non-hydrogen) atoms. The predicted octanol–water partition coefficient (Wildman–Crippen LogP) is 3.78. The van der Waals surface area contributed by atoms with Crippen LogP contribution in [0.25, 0.3) is 6.08 Å². The van der Waals surface area contributed by atoms with E-state index in [1.54, 1.807) is 12.2 Å². The molecule has 0 spiro atoms. The number of carbonyl (C=O) groups excluding carboxylic acids is 1. The zero-order chi connectivity index (χ0) is 13.5. The van der Waals surface area contributed by atoms with Gasteiger partial charge in [0.1, 0.15) is 0 Å². The number of halogens is 1. The summed E-state index contributed by atoms with van der Waals surface area (Å²) in [5, 5.41) is 2.85. The van der Waals surface area contributed by atoms with Crippen LogP contribution in [-0.4, -0.2) is 5.91 Å². The van der Waals surface area contributed by atoms with E-state index in [0.29, 0.717) is 6.54 Å². The van der Waals surface area contributed by atoms with Gasteiger partial charge in [-0.05, 0) is 29.3 Å². The van der Waals surface area contributed by atoms with Gasteiger partial charge in [-0.25, -0.2) is 0 Å². The molecule has 0 saturated heterocycles. The van der Waals surface area contributed by atoms with Crippen molar-refractivity contribution in [1.29, 1.82) is 0 Å². The third-order valence-electron chi connectivity index (χ3n) is 2.61. The summed E-state index contributed by atoms with van der Waals surface area (Å²) in [4.78, 5) is 11.6. The molecule has 0 unspecified atom stereocenters. The van der Waals surface area contributed by atoms with Crippen molar-refractivity contribution in [2.75, 3.05) is 0 Å². The molecule has 0 fully saturated rings. The Morgan fingerprint density at radius 3 is 2.42 bits per heavy atom. The van der Waals surface area contributed by atoms with Crippen molar-refractivity contribution in [3.05, 3.63) is 76.3 Å². The second-order valence-corrected chi connectivity index (χ2v) is 5.00. The molecule has 2 aromatic rings. The van der Waals surface area contributed by atoms with E-state index in [9.17, 15) is 4.79 Å². The van der Waals surface area contributed by atoms with Crippen molar-refractivity contribution >= 4 is 27.9 Å². The summed E-state index contributed by atoms with van der Waals surface area (Å²) in [6.45, 7) is 0.533. The average Bonchev–Trinajstić information content (AvgIpc) is 2.45. The molecule has 1 N–H and O–H groups in total. The molecule has 1 amide bonds. The van der Waals surface area contributed by atoms with E-state index in [1.807, 2.05) is 54.6 Å². The molecule has 3 heteroatoms. The van der Waals surface area contributed by atoms with Crippen molar-refractivity contribution in [2.45, 2.75) is 6.54 Å². The third-order valence-corrected chi connectivity index (χ3v) is 3.14. The van der Waals surface area contributed by atoms with Crippen LogP contribution >= 0.6 is 15.9 Å². The minimum atomic E-state index is -0.0910. The summed E-state index contributed by atoms with van der Waals surface area (Å²) in [5.74, 6) is -0.0910. The second kappa shape index (κ2) is 6.90. The summed E-state index contributed by atoms with van der Waals surface area (Å²) in [5.41, 5.74) is 2.09. The summed E-state index contributed by atoms with van der Waals surface area (Å²) in [6.07, 6.45) is 3.35. The molecule has 2 rings (SSSR count). The lowest BCUT2D eigenvalue weighted by molar-refractivity contribution is -0.116. The monoisotopic (exact) mass is 315 g/mol. The largest absolute Gasteiger partial charge is 0.348 e. The smallest absolute Gasteiger partial charge is 0.244 e. The van der Waals surface area contributed by atoms with Gasteiger partial charge in [0.2, 0.25) is 5.91 Å². The van der Waals surface area contributed by atoms with E-state index >= 15 is 0 Å². The Labute approximate surface area is 121 Å². The summed E-state index contributed by atoms with van der Waals surface area (Å²) in [7, 11) is 0. The lowest BCUT2D eigenvalue weighted by atomic mass is 10.2. The highest BCUT2D eigenvalue weighted by Gasteiger charge is 1.96. The molecule has 0 aliphatic heterocycles. The first-order valence-corrected chi connectivity index (χ1v) is 6.79. The van der Waals surface area contributed by atoms with Gasteiger partial charge >= 0.3 is 0 Å². The van der Waals surface area contributed by atoms with Crippen molar-refractivity contribution in [3.8, 4) is 0 Å². The average molecular weight is 316 g/mol. The zero-order valence-electron chi connectivity index (χ0n) is 10.3. The van der Waals surface area contributed by atoms with Crippen molar-refractivity contribution < 1.29 is 4.79 Å². The summed E-state index contributed by atoms with van der Waals surface area (Å²) in [6, 6.07) is 17.6. The van der Waals surface area contributed by atoms with Gasteiger partial charge in [0.05, 0.1) is 0 Å². The lowest BCUT2D eigenvalue weighted by Gasteiger charge is -2.02. The van der Waals surface area contributed by atoms with Crippen LogP contribution in [0.5, 0.6) is 0 Å². The van der Waals surface area contributed by atoms with E-state index in [2.05, 4.69) is 21.2 Å². The Morgan fingerprint density at radius 2 is 1.74 bits per heavy atom. The fourth-order valence-electron chi connectivity index (χ4n) is 1.59. The van der Waals surface area contributed by atoms with Crippen LogP contribution in [0.3, 0.4) is 0 Å². The zero-order valence-corrected chi connectivity index (χ0v) is 11.9. The van der Waals surface area contributed by atoms with Crippen LogP contribution < -0.4 is 5.32 Å². The molecule has 2 nitrogen and oxygen atoms in total. The van der Waals surface area contributed by atoms with Gasteiger partial charge in [0.25, 0.3) is 0 Å². The first-order valence-electron chi connectivity index (χ1n) is 5.99. The first-order chi connectivity index (χ1) is 9.24. The minimum Gasteiger partial charge on any atom is -0.348 e. The van der Waals surface area contributed by atoms with E-state index < -0.39 is 0 Å². The fourth-order valence-corrected chi connectivity index (χ4v) is 1.85. The maximum absolute atomic E-state index is 11.6. The molecular formula is C16H14BrNO. The number of amides is 1. The van der Waals surface area contributed by atoms with Crippen LogP contribution in [0, 0.1) is 0 Å². The van der Waals surface area contributed by atoms with Gasteiger partial charge < -0.3 is 5.32 Å². The SMILES string of the molecule is O=C(C=Cc1ccccc1)NCc1ccc(Br)cc1. The number of hydrogen-bond donors (Lipinski definition) is 1. The minimum absolute atomic E-state index is 0.0910. The van der Waals surface area contributed by atoms with E-state index in [0.717, 1.165) is 15.6 Å². The summed E-state index contributed by atoms with van der Waals surface area (Å²) < 4.78 is 1.03. The van der Waals surface area contributed by atoms with E-state index in [-0.39, 0.29) is 5.91 Å². The Hall–Kier alpha value is -1.87. The highest BCUT2D eigenvalue weighted by molar-refractivity contribution is 9.10. The normalized spacial score (nSPS) is 10.6. The maximum atomic E-state index is 11.6.